The first-order chi connectivity index (χ1) is 14.5. The Bertz CT molecular complexity index is 906. The molecule has 1 unspecified atom stereocenters. The average molecular weight is 427 g/mol. The normalized spacial score (nSPS) is 14.9. The molecule has 0 radical (unpaired) electrons. The molecule has 1 aliphatic rings. The molecule has 0 saturated carbocycles. The van der Waals surface area contributed by atoms with E-state index >= 15 is 0 Å². The fourth-order valence-electron chi connectivity index (χ4n) is 3.39. The first-order valence-corrected chi connectivity index (χ1v) is 10.6. The summed E-state index contributed by atoms with van der Waals surface area (Å²) in [6.45, 7) is 5.91. The molecule has 30 heavy (non-hydrogen) atoms. The van der Waals surface area contributed by atoms with Crippen molar-refractivity contribution in [3.8, 4) is 0 Å². The van der Waals surface area contributed by atoms with E-state index in [0.29, 0.717) is 10.6 Å². The fourth-order valence-corrected chi connectivity index (χ4v) is 3.61. The van der Waals surface area contributed by atoms with Gasteiger partial charge < -0.3 is 10.2 Å². The number of rotatable bonds is 7. The third-order valence-electron chi connectivity index (χ3n) is 5.11. The molecular formula is C23H27ClN4O2. The van der Waals surface area contributed by atoms with E-state index in [1.807, 2.05) is 26.0 Å². The Morgan fingerprint density at radius 2 is 1.73 bits per heavy atom. The monoisotopic (exact) mass is 426 g/mol. The van der Waals surface area contributed by atoms with Gasteiger partial charge in [-0.2, -0.15) is 5.10 Å². The van der Waals surface area contributed by atoms with Gasteiger partial charge in [0, 0.05) is 18.8 Å². The van der Waals surface area contributed by atoms with E-state index in [-0.39, 0.29) is 11.8 Å². The lowest BCUT2D eigenvalue weighted by Gasteiger charge is -2.20. The Kier molecular flexibility index (Phi) is 7.46. The molecule has 2 aromatic carbocycles. The van der Waals surface area contributed by atoms with Crippen molar-refractivity contribution in [2.75, 3.05) is 18.0 Å². The van der Waals surface area contributed by atoms with Crippen molar-refractivity contribution in [2.45, 2.75) is 32.7 Å². The maximum absolute atomic E-state index is 12.6. The molecule has 1 heterocycles. The number of nitrogens with zero attached hydrogens (tertiary/aromatic N) is 2. The van der Waals surface area contributed by atoms with Crippen LogP contribution in [0.15, 0.2) is 53.6 Å². The Labute approximate surface area is 182 Å². The van der Waals surface area contributed by atoms with Crippen LogP contribution in [0.5, 0.6) is 0 Å². The number of carbonyl (C=O) groups excluding carboxylic acids is 2. The molecule has 0 bridgehead atoms. The molecule has 1 saturated heterocycles. The number of hydrogen-bond donors (Lipinski definition) is 2. The van der Waals surface area contributed by atoms with Crippen LogP contribution in [-0.2, 0) is 4.79 Å². The molecule has 2 aromatic rings. The first-order valence-electron chi connectivity index (χ1n) is 10.2. The summed E-state index contributed by atoms with van der Waals surface area (Å²) in [5.41, 5.74) is 4.95. The standard InChI is InChI=1S/C23H27ClN4O2/c1-16(2)21(26-22(29)19-7-3-4-8-20(19)24)23(30)27-25-15-17-9-11-18(12-10-17)28-13-5-6-14-28/h3-4,7-12,15-16,21H,5-6,13-14H2,1-2H3,(H,26,29)(H,27,30)/b25-15-. The molecule has 3 rings (SSSR count). The van der Waals surface area contributed by atoms with Crippen LogP contribution in [0.3, 0.4) is 0 Å². The molecule has 0 aliphatic carbocycles. The van der Waals surface area contributed by atoms with E-state index in [4.69, 9.17) is 11.6 Å². The second kappa shape index (κ2) is 10.3. The van der Waals surface area contributed by atoms with Gasteiger partial charge in [0.2, 0.25) is 0 Å². The summed E-state index contributed by atoms with van der Waals surface area (Å²) in [6, 6.07) is 14.1. The smallest absolute Gasteiger partial charge is 0.262 e. The Hall–Kier alpha value is -2.86. The van der Waals surface area contributed by atoms with Gasteiger partial charge in [-0.15, -0.1) is 0 Å². The zero-order valence-corrected chi connectivity index (χ0v) is 18.0. The van der Waals surface area contributed by atoms with Gasteiger partial charge in [0.05, 0.1) is 16.8 Å². The lowest BCUT2D eigenvalue weighted by atomic mass is 10.0. The average Bonchev–Trinajstić information content (AvgIpc) is 3.27. The molecule has 1 aliphatic heterocycles. The number of halogens is 1. The van der Waals surface area contributed by atoms with Crippen LogP contribution in [0.25, 0.3) is 0 Å². The van der Waals surface area contributed by atoms with Crippen molar-refractivity contribution < 1.29 is 9.59 Å². The molecule has 0 aromatic heterocycles. The van der Waals surface area contributed by atoms with Gasteiger partial charge in [-0.05, 0) is 48.6 Å². The van der Waals surface area contributed by atoms with Crippen LogP contribution in [0, 0.1) is 5.92 Å². The molecule has 2 amide bonds. The number of carbonyl (C=O) groups is 2. The van der Waals surface area contributed by atoms with Gasteiger partial charge in [0.15, 0.2) is 0 Å². The van der Waals surface area contributed by atoms with Gasteiger partial charge in [0.1, 0.15) is 6.04 Å². The van der Waals surface area contributed by atoms with E-state index < -0.39 is 11.9 Å². The highest BCUT2D eigenvalue weighted by atomic mass is 35.5. The second-order valence-electron chi connectivity index (χ2n) is 7.69. The lowest BCUT2D eigenvalue weighted by Crippen LogP contribution is -2.48. The fraction of sp³-hybridized carbons (Fsp3) is 0.348. The Morgan fingerprint density at radius 1 is 1.07 bits per heavy atom. The topological polar surface area (TPSA) is 73.8 Å². The van der Waals surface area contributed by atoms with Gasteiger partial charge in [-0.25, -0.2) is 5.43 Å². The van der Waals surface area contributed by atoms with Crippen LogP contribution < -0.4 is 15.6 Å². The van der Waals surface area contributed by atoms with E-state index in [9.17, 15) is 9.59 Å². The third-order valence-corrected chi connectivity index (χ3v) is 5.44. The highest BCUT2D eigenvalue weighted by molar-refractivity contribution is 6.33. The predicted octanol–water partition coefficient (Wildman–Crippen LogP) is 3.84. The Balaban J connectivity index is 1.58. The Morgan fingerprint density at radius 3 is 2.37 bits per heavy atom. The summed E-state index contributed by atoms with van der Waals surface area (Å²) in [7, 11) is 0. The van der Waals surface area contributed by atoms with Crippen molar-refractivity contribution in [3.63, 3.8) is 0 Å². The number of benzene rings is 2. The van der Waals surface area contributed by atoms with E-state index in [0.717, 1.165) is 18.7 Å². The minimum Gasteiger partial charge on any atom is -0.372 e. The predicted molar refractivity (Wildman–Crippen MR) is 121 cm³/mol. The van der Waals surface area contributed by atoms with Gasteiger partial charge in [-0.1, -0.05) is 49.7 Å². The number of hydrazone groups is 1. The summed E-state index contributed by atoms with van der Waals surface area (Å²) in [5, 5.41) is 7.14. The summed E-state index contributed by atoms with van der Waals surface area (Å²) >= 11 is 6.08. The van der Waals surface area contributed by atoms with Crippen LogP contribution in [-0.4, -0.2) is 37.2 Å². The maximum Gasteiger partial charge on any atom is 0.262 e. The number of anilines is 1. The zero-order chi connectivity index (χ0) is 21.5. The zero-order valence-electron chi connectivity index (χ0n) is 17.3. The van der Waals surface area contributed by atoms with Gasteiger partial charge >= 0.3 is 0 Å². The second-order valence-corrected chi connectivity index (χ2v) is 8.10. The third kappa shape index (κ3) is 5.60. The van der Waals surface area contributed by atoms with Gasteiger partial charge in [-0.3, -0.25) is 9.59 Å². The molecule has 2 N–H and O–H groups in total. The van der Waals surface area contributed by atoms with Gasteiger partial charge in [0.25, 0.3) is 11.8 Å². The lowest BCUT2D eigenvalue weighted by molar-refractivity contribution is -0.123. The minimum atomic E-state index is -0.733. The van der Waals surface area contributed by atoms with Crippen LogP contribution >= 0.6 is 11.6 Å². The molecule has 0 spiro atoms. The highest BCUT2D eigenvalue weighted by Crippen LogP contribution is 2.20. The van der Waals surface area contributed by atoms with Crippen molar-refractivity contribution in [2.24, 2.45) is 11.0 Å². The SMILES string of the molecule is CC(C)C(NC(=O)c1ccccc1Cl)C(=O)N/N=C\c1ccc(N2CCCC2)cc1. The molecule has 1 atom stereocenters. The van der Waals surface area contributed by atoms with E-state index in [1.165, 1.54) is 18.5 Å². The largest absolute Gasteiger partial charge is 0.372 e. The van der Waals surface area contributed by atoms with Crippen molar-refractivity contribution >= 4 is 35.3 Å². The van der Waals surface area contributed by atoms with Crippen molar-refractivity contribution in [1.29, 1.82) is 0 Å². The number of nitrogens with one attached hydrogen (secondary N) is 2. The number of hydrogen-bond acceptors (Lipinski definition) is 4. The summed E-state index contributed by atoms with van der Waals surface area (Å²) < 4.78 is 0. The highest BCUT2D eigenvalue weighted by Gasteiger charge is 2.25. The van der Waals surface area contributed by atoms with E-state index in [2.05, 4.69) is 32.9 Å². The quantitative estimate of drug-likeness (QED) is 0.521. The summed E-state index contributed by atoms with van der Waals surface area (Å²) in [4.78, 5) is 27.4. The van der Waals surface area contributed by atoms with Crippen LogP contribution in [0.2, 0.25) is 5.02 Å². The van der Waals surface area contributed by atoms with Crippen LogP contribution in [0.4, 0.5) is 5.69 Å². The summed E-state index contributed by atoms with van der Waals surface area (Å²) in [6.07, 6.45) is 4.07. The minimum absolute atomic E-state index is 0.119. The molecule has 158 valence electrons. The maximum atomic E-state index is 12.6. The first kappa shape index (κ1) is 21.8. The molecular weight excluding hydrogens is 400 g/mol. The molecule has 6 nitrogen and oxygen atoms in total. The number of amides is 2. The molecule has 7 heteroatoms. The van der Waals surface area contributed by atoms with Crippen LogP contribution in [0.1, 0.15) is 42.6 Å². The van der Waals surface area contributed by atoms with Crippen molar-refractivity contribution in [1.82, 2.24) is 10.7 Å². The summed E-state index contributed by atoms with van der Waals surface area (Å²) in [5.74, 6) is -0.891. The molecule has 1 fully saturated rings. The van der Waals surface area contributed by atoms with E-state index in [1.54, 1.807) is 30.5 Å². The van der Waals surface area contributed by atoms with Crippen molar-refractivity contribution in [3.05, 3.63) is 64.7 Å².